The lowest BCUT2D eigenvalue weighted by molar-refractivity contribution is 0.0906. The summed E-state index contributed by atoms with van der Waals surface area (Å²) in [6.45, 7) is 4.05. The van der Waals surface area contributed by atoms with Crippen molar-refractivity contribution in [2.75, 3.05) is 0 Å². The van der Waals surface area contributed by atoms with Crippen molar-refractivity contribution in [3.05, 3.63) is 48.0 Å². The molecular weight excluding hydrogens is 406 g/mol. The highest BCUT2D eigenvalue weighted by Crippen LogP contribution is 2.33. The van der Waals surface area contributed by atoms with Gasteiger partial charge >= 0.3 is 0 Å². The van der Waals surface area contributed by atoms with Crippen molar-refractivity contribution in [2.45, 2.75) is 51.6 Å². The van der Waals surface area contributed by atoms with Crippen LogP contribution < -0.4 is 10.6 Å². The molecule has 8 heteroatoms. The Labute approximate surface area is 186 Å². The molecule has 2 heterocycles. The number of nitrogens with zero attached hydrogens (tertiary/aromatic N) is 2. The van der Waals surface area contributed by atoms with E-state index in [1.54, 1.807) is 6.07 Å². The summed E-state index contributed by atoms with van der Waals surface area (Å²) in [7, 11) is 0. The molecule has 2 aliphatic carbocycles. The Kier molecular flexibility index (Phi) is 5.28. The van der Waals surface area contributed by atoms with Gasteiger partial charge in [0.15, 0.2) is 5.69 Å². The first-order chi connectivity index (χ1) is 15.5. The molecule has 2 fully saturated rings. The second-order valence-corrected chi connectivity index (χ2v) is 8.98. The van der Waals surface area contributed by atoms with Crippen molar-refractivity contribution < 1.29 is 14.0 Å². The molecule has 2 aliphatic rings. The van der Waals surface area contributed by atoms with E-state index in [4.69, 9.17) is 4.42 Å². The summed E-state index contributed by atoms with van der Waals surface area (Å²) in [6, 6.07) is 9.59. The number of carbonyl (C=O) groups is 2. The Hall–Kier alpha value is -3.42. The van der Waals surface area contributed by atoms with Crippen LogP contribution in [0.4, 0.5) is 0 Å². The first-order valence-electron chi connectivity index (χ1n) is 11.2. The van der Waals surface area contributed by atoms with Crippen LogP contribution >= 0.6 is 0 Å². The van der Waals surface area contributed by atoms with Gasteiger partial charge in [-0.3, -0.25) is 14.7 Å². The highest BCUT2D eigenvalue weighted by molar-refractivity contribution is 5.93. The second kappa shape index (κ2) is 8.26. The molecule has 0 bridgehead atoms. The zero-order valence-corrected chi connectivity index (χ0v) is 18.2. The fourth-order valence-electron chi connectivity index (χ4n) is 3.91. The van der Waals surface area contributed by atoms with Crippen LogP contribution in [0.25, 0.3) is 22.7 Å². The highest BCUT2D eigenvalue weighted by atomic mass is 16.4. The standard InChI is InChI=1S/C24H27N5O3/c1-13(15-6-7-15)26-22(30)20-11-19(28-29-20)17-4-3-5-18(10-17)24-25-12-21(32-24)23(31)27-14(2)16-8-9-16/h3-5,10-16H,6-9H2,1-2H3,(H,26,30)(H,27,31)(H,28,29)/t13-,14-/m0/s1. The molecule has 2 aromatic heterocycles. The summed E-state index contributed by atoms with van der Waals surface area (Å²) in [6.07, 6.45) is 6.11. The lowest BCUT2D eigenvalue weighted by Crippen LogP contribution is -2.34. The molecule has 2 atom stereocenters. The topological polar surface area (TPSA) is 113 Å². The summed E-state index contributed by atoms with van der Waals surface area (Å²) < 4.78 is 5.73. The van der Waals surface area contributed by atoms with Crippen LogP contribution in [-0.2, 0) is 0 Å². The molecule has 2 saturated carbocycles. The van der Waals surface area contributed by atoms with Crippen molar-refractivity contribution in [1.29, 1.82) is 0 Å². The Morgan fingerprint density at radius 1 is 1.00 bits per heavy atom. The average Bonchev–Trinajstić information content (AvgIpc) is 3.72. The van der Waals surface area contributed by atoms with Gasteiger partial charge in [-0.1, -0.05) is 12.1 Å². The number of oxazole rings is 1. The van der Waals surface area contributed by atoms with Gasteiger partial charge in [-0.15, -0.1) is 0 Å². The van der Waals surface area contributed by atoms with Gasteiger partial charge in [0, 0.05) is 23.2 Å². The molecule has 3 N–H and O–H groups in total. The molecule has 0 radical (unpaired) electrons. The first-order valence-corrected chi connectivity index (χ1v) is 11.2. The second-order valence-electron chi connectivity index (χ2n) is 8.98. The Morgan fingerprint density at radius 2 is 1.66 bits per heavy atom. The van der Waals surface area contributed by atoms with Crippen LogP contribution in [0.15, 0.2) is 40.9 Å². The van der Waals surface area contributed by atoms with E-state index < -0.39 is 0 Å². The number of nitrogens with one attached hydrogen (secondary N) is 3. The van der Waals surface area contributed by atoms with Gasteiger partial charge < -0.3 is 15.1 Å². The zero-order chi connectivity index (χ0) is 22.2. The molecule has 5 rings (SSSR count). The Morgan fingerprint density at radius 3 is 2.34 bits per heavy atom. The molecule has 3 aromatic rings. The lowest BCUT2D eigenvalue weighted by atomic mass is 10.1. The van der Waals surface area contributed by atoms with Gasteiger partial charge in [-0.05, 0) is 69.6 Å². The smallest absolute Gasteiger partial charge is 0.288 e. The summed E-state index contributed by atoms with van der Waals surface area (Å²) in [5.74, 6) is 1.29. The SMILES string of the molecule is C[C@H](NC(=O)c1cc(-c2cccc(-c3ncc(C(=O)N[C@@H](C)C4CC4)o3)c2)[nH]n1)C1CC1. The number of aromatic amines is 1. The minimum atomic E-state index is -0.246. The summed E-state index contributed by atoms with van der Waals surface area (Å²) in [4.78, 5) is 29.1. The maximum Gasteiger partial charge on any atom is 0.288 e. The predicted molar refractivity (Wildman–Crippen MR) is 119 cm³/mol. The highest BCUT2D eigenvalue weighted by Gasteiger charge is 2.30. The van der Waals surface area contributed by atoms with E-state index in [1.165, 1.54) is 19.0 Å². The van der Waals surface area contributed by atoms with Crippen molar-refractivity contribution in [2.24, 2.45) is 11.8 Å². The molecule has 2 amide bonds. The molecule has 0 saturated heterocycles. The maximum atomic E-state index is 12.5. The number of hydrogen-bond acceptors (Lipinski definition) is 5. The van der Waals surface area contributed by atoms with E-state index in [0.29, 0.717) is 23.4 Å². The third-order valence-corrected chi connectivity index (χ3v) is 6.34. The third-order valence-electron chi connectivity index (χ3n) is 6.34. The van der Waals surface area contributed by atoms with Crippen molar-refractivity contribution >= 4 is 11.8 Å². The molecule has 1 aromatic carbocycles. The number of amides is 2. The fraction of sp³-hybridized carbons (Fsp3) is 0.417. The van der Waals surface area contributed by atoms with E-state index >= 15 is 0 Å². The van der Waals surface area contributed by atoms with Crippen LogP contribution in [0.1, 0.15) is 60.6 Å². The van der Waals surface area contributed by atoms with Gasteiger partial charge in [-0.25, -0.2) is 4.98 Å². The first kappa shape index (κ1) is 20.5. The van der Waals surface area contributed by atoms with E-state index in [0.717, 1.165) is 29.7 Å². The van der Waals surface area contributed by atoms with Gasteiger partial charge in [-0.2, -0.15) is 5.10 Å². The Balaban J connectivity index is 1.29. The summed E-state index contributed by atoms with van der Waals surface area (Å²) >= 11 is 0. The molecule has 0 spiro atoms. The monoisotopic (exact) mass is 433 g/mol. The number of aromatic nitrogens is 3. The van der Waals surface area contributed by atoms with E-state index in [-0.39, 0.29) is 29.7 Å². The minimum Gasteiger partial charge on any atom is -0.431 e. The molecule has 166 valence electrons. The maximum absolute atomic E-state index is 12.5. The van der Waals surface area contributed by atoms with Crippen LogP contribution in [0, 0.1) is 11.8 Å². The molecule has 0 unspecified atom stereocenters. The van der Waals surface area contributed by atoms with Crippen molar-refractivity contribution in [1.82, 2.24) is 25.8 Å². The van der Waals surface area contributed by atoms with Crippen LogP contribution in [0.3, 0.4) is 0 Å². The lowest BCUT2D eigenvalue weighted by Gasteiger charge is -2.10. The fourth-order valence-corrected chi connectivity index (χ4v) is 3.91. The van der Waals surface area contributed by atoms with Crippen molar-refractivity contribution in [3.63, 3.8) is 0 Å². The van der Waals surface area contributed by atoms with Gasteiger partial charge in [0.25, 0.3) is 11.8 Å². The average molecular weight is 434 g/mol. The Bertz CT molecular complexity index is 1060. The normalized spacial score (nSPS) is 17.6. The molecule has 32 heavy (non-hydrogen) atoms. The molecule has 8 nitrogen and oxygen atoms in total. The van der Waals surface area contributed by atoms with E-state index in [9.17, 15) is 9.59 Å². The van der Waals surface area contributed by atoms with Crippen LogP contribution in [0.5, 0.6) is 0 Å². The third kappa shape index (κ3) is 4.44. The summed E-state index contributed by atoms with van der Waals surface area (Å²) in [5.41, 5.74) is 2.66. The number of H-pyrrole nitrogens is 1. The number of hydrogen-bond donors (Lipinski definition) is 3. The van der Waals surface area contributed by atoms with Gasteiger partial charge in [0.05, 0.1) is 11.9 Å². The van der Waals surface area contributed by atoms with Gasteiger partial charge in [0.2, 0.25) is 11.7 Å². The zero-order valence-electron chi connectivity index (χ0n) is 18.2. The van der Waals surface area contributed by atoms with Crippen LogP contribution in [-0.4, -0.2) is 39.1 Å². The quantitative estimate of drug-likeness (QED) is 0.500. The van der Waals surface area contributed by atoms with E-state index in [1.807, 2.05) is 38.1 Å². The molecular formula is C24H27N5O3. The summed E-state index contributed by atoms with van der Waals surface area (Å²) in [5, 5.41) is 13.1. The largest absolute Gasteiger partial charge is 0.431 e. The van der Waals surface area contributed by atoms with Crippen LogP contribution in [0.2, 0.25) is 0 Å². The van der Waals surface area contributed by atoms with E-state index in [2.05, 4.69) is 25.8 Å². The van der Waals surface area contributed by atoms with Crippen molar-refractivity contribution in [3.8, 4) is 22.7 Å². The number of benzene rings is 1. The minimum absolute atomic E-state index is 0.137. The number of rotatable bonds is 8. The van der Waals surface area contributed by atoms with Gasteiger partial charge in [0.1, 0.15) is 0 Å². The molecule has 0 aliphatic heterocycles. The number of carbonyl (C=O) groups excluding carboxylic acids is 2. The predicted octanol–water partition coefficient (Wildman–Crippen LogP) is 3.79.